The number of carbonyl (C=O) groups excluding carboxylic acids is 1. The Morgan fingerprint density at radius 3 is 2.38 bits per heavy atom. The molecule has 1 aromatic rings. The topological polar surface area (TPSA) is 95.0 Å². The summed E-state index contributed by atoms with van der Waals surface area (Å²) >= 11 is 3.45. The van der Waals surface area contributed by atoms with E-state index in [1.807, 2.05) is 18.7 Å². The molecule has 7 nitrogen and oxygen atoms in total. The first-order valence-corrected chi connectivity index (χ1v) is 11.1. The van der Waals surface area contributed by atoms with E-state index in [2.05, 4.69) is 15.9 Å². The van der Waals surface area contributed by atoms with E-state index in [0.717, 1.165) is 11.3 Å². The van der Waals surface area contributed by atoms with Crippen LogP contribution in [0.1, 0.15) is 29.8 Å². The number of rotatable bonds is 3. The summed E-state index contributed by atoms with van der Waals surface area (Å²) in [5.74, 6) is -1.13. The lowest BCUT2D eigenvalue weighted by Crippen LogP contribution is -2.53. The molecule has 1 atom stereocenters. The Morgan fingerprint density at radius 1 is 1.23 bits per heavy atom. The van der Waals surface area contributed by atoms with Gasteiger partial charge in [0.05, 0.1) is 22.8 Å². The average molecular weight is 445 g/mol. The SMILES string of the molecule is CC(C)N1c2c(Br)cc(C(=O)O)cc2CC1C(=O)N1CCS(=O)(=O)CC1. The molecule has 0 bridgehead atoms. The fourth-order valence-electron chi connectivity index (χ4n) is 3.65. The second-order valence-corrected chi connectivity index (χ2v) is 10.1. The zero-order valence-corrected chi connectivity index (χ0v) is 17.0. The minimum absolute atomic E-state index is 0.00700. The molecule has 3 rings (SSSR count). The molecule has 0 saturated carbocycles. The van der Waals surface area contributed by atoms with E-state index in [0.29, 0.717) is 10.9 Å². The predicted molar refractivity (Wildman–Crippen MR) is 101 cm³/mol. The van der Waals surface area contributed by atoms with Crippen LogP contribution in [0.4, 0.5) is 5.69 Å². The highest BCUT2D eigenvalue weighted by Gasteiger charge is 2.40. The van der Waals surface area contributed by atoms with Gasteiger partial charge in [-0.1, -0.05) is 0 Å². The number of anilines is 1. The lowest BCUT2D eigenvalue weighted by molar-refractivity contribution is -0.132. The summed E-state index contributed by atoms with van der Waals surface area (Å²) in [6.07, 6.45) is 0.412. The molecule has 2 aliphatic rings. The average Bonchev–Trinajstić information content (AvgIpc) is 2.94. The van der Waals surface area contributed by atoms with E-state index in [4.69, 9.17) is 0 Å². The fourth-order valence-corrected chi connectivity index (χ4v) is 5.56. The van der Waals surface area contributed by atoms with Gasteiger partial charge in [0.2, 0.25) is 5.91 Å². The minimum atomic E-state index is -3.06. The number of halogens is 1. The molecule has 2 heterocycles. The van der Waals surface area contributed by atoms with Crippen LogP contribution < -0.4 is 4.90 Å². The van der Waals surface area contributed by atoms with Crippen molar-refractivity contribution in [2.24, 2.45) is 0 Å². The Hall–Kier alpha value is -1.61. The van der Waals surface area contributed by atoms with Gasteiger partial charge in [-0.15, -0.1) is 0 Å². The monoisotopic (exact) mass is 444 g/mol. The minimum Gasteiger partial charge on any atom is -0.478 e. The number of fused-ring (bicyclic) bond motifs is 1. The van der Waals surface area contributed by atoms with Gasteiger partial charge in [0.15, 0.2) is 9.84 Å². The zero-order chi connectivity index (χ0) is 19.2. The van der Waals surface area contributed by atoms with Gasteiger partial charge in [-0.3, -0.25) is 4.79 Å². The van der Waals surface area contributed by atoms with Crippen molar-refractivity contribution < 1.29 is 23.1 Å². The van der Waals surface area contributed by atoms with Crippen molar-refractivity contribution in [1.82, 2.24) is 4.90 Å². The third-order valence-corrected chi connectivity index (χ3v) is 7.11. The predicted octanol–water partition coefficient (Wildman–Crippen LogP) is 1.54. The highest BCUT2D eigenvalue weighted by Crippen LogP contribution is 2.41. The maximum atomic E-state index is 13.1. The number of sulfone groups is 1. The number of aromatic carboxylic acids is 1. The van der Waals surface area contributed by atoms with Crippen LogP contribution >= 0.6 is 15.9 Å². The van der Waals surface area contributed by atoms with Crippen LogP contribution in [0.2, 0.25) is 0 Å². The van der Waals surface area contributed by atoms with Crippen molar-refractivity contribution in [3.05, 3.63) is 27.7 Å². The summed E-state index contributed by atoms with van der Waals surface area (Å²) in [5.41, 5.74) is 1.83. The summed E-state index contributed by atoms with van der Waals surface area (Å²) in [4.78, 5) is 28.0. The van der Waals surface area contributed by atoms with E-state index in [-0.39, 0.29) is 42.1 Å². The van der Waals surface area contributed by atoms with E-state index in [9.17, 15) is 23.1 Å². The smallest absolute Gasteiger partial charge is 0.335 e. The molecule has 0 aliphatic carbocycles. The molecule has 2 aliphatic heterocycles. The fraction of sp³-hybridized carbons (Fsp3) is 0.529. The number of hydrogen-bond acceptors (Lipinski definition) is 5. The molecule has 0 radical (unpaired) electrons. The van der Waals surface area contributed by atoms with E-state index < -0.39 is 21.8 Å². The van der Waals surface area contributed by atoms with E-state index in [1.54, 1.807) is 17.0 Å². The van der Waals surface area contributed by atoms with E-state index >= 15 is 0 Å². The molecule has 1 fully saturated rings. The maximum Gasteiger partial charge on any atom is 0.335 e. The maximum absolute atomic E-state index is 13.1. The Morgan fingerprint density at radius 2 is 1.85 bits per heavy atom. The van der Waals surface area contributed by atoms with Crippen molar-refractivity contribution in [2.45, 2.75) is 32.4 Å². The molecular weight excluding hydrogens is 424 g/mol. The standard InChI is InChI=1S/C17H21BrN2O5S/c1-10(2)20-14(16(21)19-3-5-26(24,25)6-4-19)9-11-7-12(17(22)23)8-13(18)15(11)20/h7-8,10,14H,3-6,9H2,1-2H3,(H,22,23). The van der Waals surface area contributed by atoms with Crippen molar-refractivity contribution in [3.8, 4) is 0 Å². The highest BCUT2D eigenvalue weighted by molar-refractivity contribution is 9.10. The first-order valence-electron chi connectivity index (χ1n) is 8.44. The zero-order valence-electron chi connectivity index (χ0n) is 14.6. The van der Waals surface area contributed by atoms with Crippen LogP contribution in [0.3, 0.4) is 0 Å². The lowest BCUT2D eigenvalue weighted by atomic mass is 10.1. The number of carboxylic acid groups (broad SMARTS) is 1. The molecule has 0 spiro atoms. The molecule has 9 heteroatoms. The number of amides is 1. The third kappa shape index (κ3) is 3.46. The number of carbonyl (C=O) groups is 2. The Kier molecular flexibility index (Phi) is 5.04. The van der Waals surface area contributed by atoms with Gasteiger partial charge in [-0.25, -0.2) is 13.2 Å². The summed E-state index contributed by atoms with van der Waals surface area (Å²) in [7, 11) is -3.06. The molecule has 1 unspecified atom stereocenters. The highest BCUT2D eigenvalue weighted by atomic mass is 79.9. The van der Waals surface area contributed by atoms with E-state index in [1.165, 1.54) is 0 Å². The number of benzene rings is 1. The lowest BCUT2D eigenvalue weighted by Gasteiger charge is -2.36. The second kappa shape index (κ2) is 6.84. The Labute approximate surface area is 161 Å². The van der Waals surface area contributed by atoms with Crippen LogP contribution in [-0.2, 0) is 21.1 Å². The first-order chi connectivity index (χ1) is 12.1. The van der Waals surface area contributed by atoms with Gasteiger partial charge in [0.25, 0.3) is 0 Å². The third-order valence-electron chi connectivity index (χ3n) is 4.89. The largest absolute Gasteiger partial charge is 0.478 e. The molecule has 1 N–H and O–H groups in total. The van der Waals surface area contributed by atoms with Crippen LogP contribution in [0.15, 0.2) is 16.6 Å². The van der Waals surface area contributed by atoms with Gasteiger partial charge >= 0.3 is 5.97 Å². The first kappa shape index (κ1) is 19.2. The molecule has 1 saturated heterocycles. The summed E-state index contributed by atoms with van der Waals surface area (Å²) in [6, 6.07) is 2.75. The summed E-state index contributed by atoms with van der Waals surface area (Å²) in [5, 5.41) is 9.28. The van der Waals surface area contributed by atoms with Crippen LogP contribution in [-0.4, -0.2) is 67.0 Å². The summed E-state index contributed by atoms with van der Waals surface area (Å²) < 4.78 is 23.9. The van der Waals surface area contributed by atoms with Crippen LogP contribution in [0.5, 0.6) is 0 Å². The van der Waals surface area contributed by atoms with Gasteiger partial charge in [-0.2, -0.15) is 0 Å². The number of carboxylic acids is 1. The van der Waals surface area contributed by atoms with Gasteiger partial charge < -0.3 is 14.9 Å². The number of nitrogens with zero attached hydrogens (tertiary/aromatic N) is 2. The normalized spacial score (nSPS) is 21.8. The van der Waals surface area contributed by atoms with Crippen LogP contribution in [0.25, 0.3) is 0 Å². The van der Waals surface area contributed by atoms with Gasteiger partial charge in [0, 0.05) is 30.0 Å². The molecular formula is C17H21BrN2O5S. The molecule has 1 amide bonds. The molecule has 142 valence electrons. The van der Waals surface area contributed by atoms with Crippen molar-refractivity contribution >= 4 is 43.3 Å². The summed E-state index contributed by atoms with van der Waals surface area (Å²) in [6.45, 7) is 4.38. The quantitative estimate of drug-likeness (QED) is 0.759. The van der Waals surface area contributed by atoms with Gasteiger partial charge in [0.1, 0.15) is 6.04 Å². The molecule has 0 aromatic heterocycles. The number of hydrogen-bond donors (Lipinski definition) is 1. The Balaban J connectivity index is 1.92. The van der Waals surface area contributed by atoms with Crippen molar-refractivity contribution in [2.75, 3.05) is 29.5 Å². The van der Waals surface area contributed by atoms with Gasteiger partial charge in [-0.05, 0) is 47.5 Å². The Bertz CT molecular complexity index is 854. The van der Waals surface area contributed by atoms with Crippen molar-refractivity contribution in [1.29, 1.82) is 0 Å². The molecule has 26 heavy (non-hydrogen) atoms. The van der Waals surface area contributed by atoms with Crippen molar-refractivity contribution in [3.63, 3.8) is 0 Å². The van der Waals surface area contributed by atoms with Crippen LogP contribution in [0, 0.1) is 0 Å². The molecule has 1 aromatic carbocycles. The second-order valence-electron chi connectivity index (χ2n) is 6.97.